The zero-order valence-corrected chi connectivity index (χ0v) is 13.2. The fourth-order valence-corrected chi connectivity index (χ4v) is 3.69. The number of hydrogen-bond donors (Lipinski definition) is 1. The van der Waals surface area contributed by atoms with Gasteiger partial charge in [0.2, 0.25) is 0 Å². The van der Waals surface area contributed by atoms with Crippen molar-refractivity contribution >= 4 is 16.9 Å². The molecule has 2 heterocycles. The standard InChI is InChI=1S/C14H23N3OS/c1-6-14(5)7-8-19-13(16-14)15-9(2)12-10(3)17-18-11(12)4/h9H,6-8H2,1-5H3,(H,15,16). The van der Waals surface area contributed by atoms with Gasteiger partial charge in [-0.2, -0.15) is 0 Å². The normalized spacial score (nSPS) is 27.3. The molecule has 4 nitrogen and oxygen atoms in total. The molecule has 1 saturated heterocycles. The number of aliphatic imine (C=N–C) groups is 1. The third-order valence-corrected chi connectivity index (χ3v) is 4.79. The molecular weight excluding hydrogens is 258 g/mol. The summed E-state index contributed by atoms with van der Waals surface area (Å²) in [6, 6.07) is 0.0838. The number of hydrogen-bond acceptors (Lipinski definition) is 4. The minimum Gasteiger partial charge on any atom is -0.361 e. The Balaban J connectivity index is 2.17. The lowest BCUT2D eigenvalue weighted by Gasteiger charge is -2.35. The molecule has 19 heavy (non-hydrogen) atoms. The van der Waals surface area contributed by atoms with E-state index in [0.29, 0.717) is 0 Å². The summed E-state index contributed by atoms with van der Waals surface area (Å²) >= 11 is 1.81. The summed E-state index contributed by atoms with van der Waals surface area (Å²) in [6.07, 6.45) is 2.30. The highest BCUT2D eigenvalue weighted by Gasteiger charge is 2.28. The van der Waals surface area contributed by atoms with Gasteiger partial charge >= 0.3 is 0 Å². The molecule has 0 saturated carbocycles. The van der Waals surface area contributed by atoms with Crippen LogP contribution < -0.4 is 5.32 Å². The van der Waals surface area contributed by atoms with Crippen molar-refractivity contribution < 1.29 is 4.52 Å². The number of nitrogens with zero attached hydrogens (tertiary/aromatic N) is 2. The van der Waals surface area contributed by atoms with Crippen LogP contribution in [0.25, 0.3) is 0 Å². The average Bonchev–Trinajstić information content (AvgIpc) is 2.69. The topological polar surface area (TPSA) is 50.4 Å². The number of aromatic nitrogens is 1. The third kappa shape index (κ3) is 3.14. The van der Waals surface area contributed by atoms with E-state index in [4.69, 9.17) is 9.52 Å². The summed E-state index contributed by atoms with van der Waals surface area (Å²) in [5.74, 6) is 2.00. The van der Waals surface area contributed by atoms with Gasteiger partial charge in [0.1, 0.15) is 5.76 Å². The SMILES string of the molecule is CCC1(C)CCSC(=NC(C)c2c(C)noc2C)N1. The lowest BCUT2D eigenvalue weighted by Crippen LogP contribution is -2.48. The van der Waals surface area contributed by atoms with E-state index < -0.39 is 0 Å². The number of aryl methyl sites for hydroxylation is 2. The van der Waals surface area contributed by atoms with Crippen molar-refractivity contribution in [1.82, 2.24) is 10.5 Å². The van der Waals surface area contributed by atoms with Crippen molar-refractivity contribution in [1.29, 1.82) is 0 Å². The van der Waals surface area contributed by atoms with Crippen LogP contribution in [0.1, 0.15) is 56.7 Å². The summed E-state index contributed by atoms with van der Waals surface area (Å²) in [7, 11) is 0. The minimum absolute atomic E-state index is 0.0838. The van der Waals surface area contributed by atoms with Crippen molar-refractivity contribution in [2.75, 3.05) is 5.75 Å². The van der Waals surface area contributed by atoms with Gasteiger partial charge in [-0.25, -0.2) is 0 Å². The van der Waals surface area contributed by atoms with Gasteiger partial charge in [-0.05, 0) is 40.5 Å². The monoisotopic (exact) mass is 281 g/mol. The Morgan fingerprint density at radius 2 is 2.26 bits per heavy atom. The minimum atomic E-state index is 0.0838. The molecular formula is C14H23N3OS. The highest BCUT2D eigenvalue weighted by molar-refractivity contribution is 8.13. The molecule has 2 unspecified atom stereocenters. The van der Waals surface area contributed by atoms with Gasteiger partial charge in [-0.1, -0.05) is 23.8 Å². The van der Waals surface area contributed by atoms with Crippen LogP contribution in [0.5, 0.6) is 0 Å². The van der Waals surface area contributed by atoms with Crippen LogP contribution in [0.3, 0.4) is 0 Å². The molecule has 0 aliphatic carbocycles. The second-order valence-corrected chi connectivity index (χ2v) is 6.57. The number of nitrogens with one attached hydrogen (secondary N) is 1. The van der Waals surface area contributed by atoms with Gasteiger partial charge in [0.15, 0.2) is 5.17 Å². The van der Waals surface area contributed by atoms with E-state index in [1.54, 1.807) is 11.8 Å². The zero-order chi connectivity index (χ0) is 14.0. The zero-order valence-electron chi connectivity index (χ0n) is 12.4. The first-order valence-corrected chi connectivity index (χ1v) is 7.85. The molecule has 1 aliphatic rings. The first-order valence-electron chi connectivity index (χ1n) is 6.87. The average molecular weight is 281 g/mol. The van der Waals surface area contributed by atoms with Gasteiger partial charge in [0.25, 0.3) is 0 Å². The molecule has 1 aliphatic heterocycles. The van der Waals surface area contributed by atoms with Gasteiger partial charge in [-0.15, -0.1) is 0 Å². The predicted octanol–water partition coefficient (Wildman–Crippen LogP) is 3.60. The quantitative estimate of drug-likeness (QED) is 0.919. The summed E-state index contributed by atoms with van der Waals surface area (Å²) in [4.78, 5) is 4.81. The number of rotatable bonds is 3. The molecule has 106 valence electrons. The van der Waals surface area contributed by atoms with Crippen molar-refractivity contribution in [3.05, 3.63) is 17.0 Å². The van der Waals surface area contributed by atoms with E-state index in [-0.39, 0.29) is 11.6 Å². The Labute approximate surface area is 119 Å². The maximum absolute atomic E-state index is 5.22. The van der Waals surface area contributed by atoms with Crippen LogP contribution in [-0.2, 0) is 0 Å². The molecule has 0 radical (unpaired) electrons. The van der Waals surface area contributed by atoms with Crippen LogP contribution >= 0.6 is 11.8 Å². The van der Waals surface area contributed by atoms with E-state index in [1.807, 2.05) is 13.8 Å². The summed E-state index contributed by atoms with van der Waals surface area (Å²) < 4.78 is 5.22. The number of thioether (sulfide) groups is 1. The Bertz CT molecular complexity index is 464. The second-order valence-electron chi connectivity index (χ2n) is 5.49. The molecule has 0 spiro atoms. The highest BCUT2D eigenvalue weighted by Crippen LogP contribution is 2.29. The Morgan fingerprint density at radius 3 is 2.84 bits per heavy atom. The molecule has 1 aromatic heterocycles. The number of amidine groups is 1. The molecule has 2 atom stereocenters. The van der Waals surface area contributed by atoms with E-state index in [0.717, 1.165) is 34.4 Å². The van der Waals surface area contributed by atoms with Crippen LogP contribution in [0.4, 0.5) is 0 Å². The lowest BCUT2D eigenvalue weighted by molar-refractivity contribution is 0.388. The van der Waals surface area contributed by atoms with E-state index in [9.17, 15) is 0 Å². The summed E-state index contributed by atoms with van der Waals surface area (Å²) in [6.45, 7) is 10.5. The molecule has 0 bridgehead atoms. The first-order chi connectivity index (χ1) is 8.95. The smallest absolute Gasteiger partial charge is 0.157 e. The lowest BCUT2D eigenvalue weighted by atomic mass is 9.96. The molecule has 1 aromatic rings. The first kappa shape index (κ1) is 14.4. The molecule has 1 N–H and O–H groups in total. The maximum atomic E-state index is 5.22. The van der Waals surface area contributed by atoms with Crippen molar-refractivity contribution in [2.45, 2.75) is 59.0 Å². The predicted molar refractivity (Wildman–Crippen MR) is 80.7 cm³/mol. The van der Waals surface area contributed by atoms with Crippen molar-refractivity contribution in [3.8, 4) is 0 Å². The summed E-state index contributed by atoms with van der Waals surface area (Å²) in [5.41, 5.74) is 2.23. The van der Waals surface area contributed by atoms with Crippen LogP contribution in [0, 0.1) is 13.8 Å². The Kier molecular flexibility index (Phi) is 4.23. The van der Waals surface area contributed by atoms with E-state index in [2.05, 4.69) is 31.2 Å². The maximum Gasteiger partial charge on any atom is 0.157 e. The second kappa shape index (κ2) is 5.57. The van der Waals surface area contributed by atoms with Gasteiger partial charge in [-0.3, -0.25) is 4.99 Å². The largest absolute Gasteiger partial charge is 0.361 e. The van der Waals surface area contributed by atoms with Crippen LogP contribution in [-0.4, -0.2) is 21.6 Å². The van der Waals surface area contributed by atoms with Gasteiger partial charge < -0.3 is 9.84 Å². The highest BCUT2D eigenvalue weighted by atomic mass is 32.2. The molecule has 2 rings (SSSR count). The third-order valence-electron chi connectivity index (χ3n) is 3.90. The molecule has 0 aromatic carbocycles. The molecule has 0 amide bonds. The molecule has 1 fully saturated rings. The van der Waals surface area contributed by atoms with Crippen molar-refractivity contribution in [2.24, 2.45) is 4.99 Å². The Morgan fingerprint density at radius 1 is 1.53 bits per heavy atom. The van der Waals surface area contributed by atoms with E-state index in [1.165, 1.54) is 6.42 Å². The van der Waals surface area contributed by atoms with E-state index >= 15 is 0 Å². The fourth-order valence-electron chi connectivity index (χ4n) is 2.39. The van der Waals surface area contributed by atoms with Gasteiger partial charge in [0, 0.05) is 16.9 Å². The van der Waals surface area contributed by atoms with Crippen LogP contribution in [0.15, 0.2) is 9.52 Å². The Hall–Kier alpha value is -0.970. The van der Waals surface area contributed by atoms with Crippen LogP contribution in [0.2, 0.25) is 0 Å². The summed E-state index contributed by atoms with van der Waals surface area (Å²) in [5, 5.41) is 8.62. The van der Waals surface area contributed by atoms with Gasteiger partial charge in [0.05, 0.1) is 11.7 Å². The van der Waals surface area contributed by atoms with Crippen molar-refractivity contribution in [3.63, 3.8) is 0 Å². The fraction of sp³-hybridized carbons (Fsp3) is 0.714. The molecule has 5 heteroatoms.